The van der Waals surface area contributed by atoms with Crippen LogP contribution in [0.3, 0.4) is 0 Å². The van der Waals surface area contributed by atoms with Crippen LogP contribution in [0, 0.1) is 11.3 Å². The first-order valence-electron chi connectivity index (χ1n) is 5.21. The van der Waals surface area contributed by atoms with Crippen LogP contribution in [0.25, 0.3) is 0 Å². The van der Waals surface area contributed by atoms with E-state index >= 15 is 0 Å². The molecule has 1 aromatic rings. The van der Waals surface area contributed by atoms with Crippen molar-refractivity contribution < 1.29 is 9.47 Å². The second kappa shape index (κ2) is 7.10. The van der Waals surface area contributed by atoms with E-state index in [0.717, 1.165) is 4.47 Å². The van der Waals surface area contributed by atoms with Crippen molar-refractivity contribution in [2.75, 3.05) is 13.2 Å². The van der Waals surface area contributed by atoms with Crippen molar-refractivity contribution in [3.8, 4) is 11.8 Å². The van der Waals surface area contributed by atoms with E-state index in [9.17, 15) is 0 Å². The number of ether oxygens (including phenoxy) is 2. The number of nitrogens with zero attached hydrogens (tertiary/aromatic N) is 1. The van der Waals surface area contributed by atoms with Gasteiger partial charge in [-0.15, -0.1) is 6.58 Å². The predicted octanol–water partition coefficient (Wildman–Crippen LogP) is 3.29. The highest BCUT2D eigenvalue weighted by molar-refractivity contribution is 9.10. The van der Waals surface area contributed by atoms with Gasteiger partial charge in [-0.25, -0.2) is 0 Å². The molecule has 0 aliphatic carbocycles. The third-order valence-electron chi connectivity index (χ3n) is 1.93. The number of hydrogen-bond donors (Lipinski definition) is 0. The van der Waals surface area contributed by atoms with Crippen molar-refractivity contribution in [2.24, 2.45) is 0 Å². The fourth-order valence-electron chi connectivity index (χ4n) is 1.28. The lowest BCUT2D eigenvalue weighted by molar-refractivity contribution is 0.0737. The van der Waals surface area contributed by atoms with E-state index in [1.807, 2.05) is 13.0 Å². The Morgan fingerprint density at radius 2 is 2.29 bits per heavy atom. The molecule has 0 saturated heterocycles. The Hall–Kier alpha value is -1.31. The van der Waals surface area contributed by atoms with Gasteiger partial charge in [0, 0.05) is 4.47 Å². The van der Waals surface area contributed by atoms with Crippen molar-refractivity contribution in [3.63, 3.8) is 0 Å². The fraction of sp³-hybridized carbons (Fsp3) is 0.308. The minimum absolute atomic E-state index is 0.0733. The van der Waals surface area contributed by atoms with E-state index in [1.165, 1.54) is 0 Å². The lowest BCUT2D eigenvalue weighted by Crippen LogP contribution is -2.19. The molecule has 90 valence electrons. The summed E-state index contributed by atoms with van der Waals surface area (Å²) in [6.07, 6.45) is 1.62. The summed E-state index contributed by atoms with van der Waals surface area (Å²) in [5, 5.41) is 8.83. The van der Waals surface area contributed by atoms with Gasteiger partial charge in [0.15, 0.2) is 0 Å². The molecule has 3 nitrogen and oxygen atoms in total. The summed E-state index contributed by atoms with van der Waals surface area (Å²) in [6, 6.07) is 7.35. The van der Waals surface area contributed by atoms with Gasteiger partial charge in [0.1, 0.15) is 11.9 Å². The van der Waals surface area contributed by atoms with Crippen LogP contribution in [0.2, 0.25) is 0 Å². The smallest absolute Gasteiger partial charge is 0.122 e. The van der Waals surface area contributed by atoms with Crippen LogP contribution >= 0.6 is 15.9 Å². The summed E-state index contributed by atoms with van der Waals surface area (Å²) in [4.78, 5) is 0. The van der Waals surface area contributed by atoms with Gasteiger partial charge < -0.3 is 9.47 Å². The predicted molar refractivity (Wildman–Crippen MR) is 70.0 cm³/mol. The second-order valence-electron chi connectivity index (χ2n) is 3.54. The highest BCUT2D eigenvalue weighted by Gasteiger charge is 2.06. The first-order valence-corrected chi connectivity index (χ1v) is 6.01. The zero-order valence-electron chi connectivity index (χ0n) is 9.65. The van der Waals surface area contributed by atoms with Crippen molar-refractivity contribution in [1.29, 1.82) is 5.26 Å². The van der Waals surface area contributed by atoms with Gasteiger partial charge in [0.25, 0.3) is 0 Å². The Morgan fingerprint density at radius 3 is 2.94 bits per heavy atom. The van der Waals surface area contributed by atoms with Gasteiger partial charge in [-0.2, -0.15) is 5.26 Å². The van der Waals surface area contributed by atoms with E-state index in [1.54, 1.807) is 18.2 Å². The SMILES string of the molecule is C=CCOCC(C)Oc1cc(Br)cc(C#N)c1. The summed E-state index contributed by atoms with van der Waals surface area (Å²) >= 11 is 3.33. The Kier molecular flexibility index (Phi) is 5.75. The van der Waals surface area contributed by atoms with Crippen LogP contribution < -0.4 is 4.74 Å². The highest BCUT2D eigenvalue weighted by Crippen LogP contribution is 2.22. The lowest BCUT2D eigenvalue weighted by atomic mass is 10.2. The standard InChI is InChI=1S/C13H14BrNO2/c1-3-4-16-9-10(2)17-13-6-11(8-15)5-12(14)7-13/h3,5-7,10H,1,4,9H2,2H3. The maximum atomic E-state index is 8.83. The average Bonchev–Trinajstić information content (AvgIpc) is 2.28. The molecule has 1 rings (SSSR count). The second-order valence-corrected chi connectivity index (χ2v) is 4.46. The molecular weight excluding hydrogens is 282 g/mol. The summed E-state index contributed by atoms with van der Waals surface area (Å²) < 4.78 is 11.8. The van der Waals surface area contributed by atoms with Gasteiger partial charge in [-0.3, -0.25) is 0 Å². The Morgan fingerprint density at radius 1 is 1.53 bits per heavy atom. The van der Waals surface area contributed by atoms with Crippen LogP contribution in [0.15, 0.2) is 35.3 Å². The first-order chi connectivity index (χ1) is 8.15. The molecule has 0 saturated carbocycles. The van der Waals surface area contributed by atoms with Gasteiger partial charge in [0.05, 0.1) is 24.8 Å². The number of halogens is 1. The molecule has 1 aromatic carbocycles. The molecular formula is C13H14BrNO2. The molecule has 0 aliphatic rings. The molecule has 1 unspecified atom stereocenters. The van der Waals surface area contributed by atoms with Crippen molar-refractivity contribution in [1.82, 2.24) is 0 Å². The zero-order valence-corrected chi connectivity index (χ0v) is 11.2. The Labute approximate surface area is 110 Å². The third-order valence-corrected chi connectivity index (χ3v) is 2.38. The van der Waals surface area contributed by atoms with Crippen LogP contribution in [-0.4, -0.2) is 19.3 Å². The first kappa shape index (κ1) is 13.8. The summed E-state index contributed by atoms with van der Waals surface area (Å²) in [5.41, 5.74) is 0.564. The zero-order chi connectivity index (χ0) is 12.7. The molecule has 0 heterocycles. The average molecular weight is 296 g/mol. The topological polar surface area (TPSA) is 42.2 Å². The van der Waals surface area contributed by atoms with E-state index in [-0.39, 0.29) is 6.10 Å². The van der Waals surface area contributed by atoms with Crippen molar-refractivity contribution >= 4 is 15.9 Å². The minimum Gasteiger partial charge on any atom is -0.488 e. The van der Waals surface area contributed by atoms with Crippen molar-refractivity contribution in [2.45, 2.75) is 13.0 Å². The van der Waals surface area contributed by atoms with E-state index in [4.69, 9.17) is 14.7 Å². The molecule has 0 bridgehead atoms. The maximum absolute atomic E-state index is 8.83. The highest BCUT2D eigenvalue weighted by atomic mass is 79.9. The minimum atomic E-state index is -0.0733. The quantitative estimate of drug-likeness (QED) is 0.597. The molecule has 0 N–H and O–H groups in total. The largest absolute Gasteiger partial charge is 0.488 e. The normalized spacial score (nSPS) is 11.6. The number of benzene rings is 1. The number of nitriles is 1. The molecule has 1 atom stereocenters. The van der Waals surface area contributed by atoms with Crippen LogP contribution in [0.4, 0.5) is 0 Å². The van der Waals surface area contributed by atoms with Gasteiger partial charge in [0.2, 0.25) is 0 Å². The van der Waals surface area contributed by atoms with E-state index in [2.05, 4.69) is 28.6 Å². The molecule has 4 heteroatoms. The number of hydrogen-bond acceptors (Lipinski definition) is 3. The lowest BCUT2D eigenvalue weighted by Gasteiger charge is -2.14. The van der Waals surface area contributed by atoms with Gasteiger partial charge in [-0.05, 0) is 25.1 Å². The van der Waals surface area contributed by atoms with Crippen LogP contribution in [0.5, 0.6) is 5.75 Å². The summed E-state index contributed by atoms with van der Waals surface area (Å²) in [7, 11) is 0. The van der Waals surface area contributed by atoms with E-state index in [0.29, 0.717) is 24.5 Å². The third kappa shape index (κ3) is 5.03. The van der Waals surface area contributed by atoms with Gasteiger partial charge in [-0.1, -0.05) is 22.0 Å². The van der Waals surface area contributed by atoms with Gasteiger partial charge >= 0.3 is 0 Å². The fourth-order valence-corrected chi connectivity index (χ4v) is 1.75. The number of rotatable bonds is 6. The van der Waals surface area contributed by atoms with Crippen LogP contribution in [-0.2, 0) is 4.74 Å². The molecule has 0 radical (unpaired) electrons. The molecule has 0 aliphatic heterocycles. The monoisotopic (exact) mass is 295 g/mol. The van der Waals surface area contributed by atoms with Crippen molar-refractivity contribution in [3.05, 3.63) is 40.9 Å². The molecule has 17 heavy (non-hydrogen) atoms. The molecule has 0 amide bonds. The molecule has 0 fully saturated rings. The molecule has 0 spiro atoms. The Bertz CT molecular complexity index is 426. The summed E-state index contributed by atoms with van der Waals surface area (Å²) in [5.74, 6) is 0.658. The van der Waals surface area contributed by atoms with Crippen LogP contribution in [0.1, 0.15) is 12.5 Å². The maximum Gasteiger partial charge on any atom is 0.122 e. The molecule has 0 aromatic heterocycles. The summed E-state index contributed by atoms with van der Waals surface area (Å²) in [6.45, 7) is 6.48. The Balaban J connectivity index is 2.58. The van der Waals surface area contributed by atoms with E-state index < -0.39 is 0 Å².